The van der Waals surface area contributed by atoms with E-state index in [0.717, 1.165) is 19.3 Å². The van der Waals surface area contributed by atoms with Crippen molar-refractivity contribution in [2.45, 2.75) is 32.6 Å². The van der Waals surface area contributed by atoms with Crippen molar-refractivity contribution in [2.75, 3.05) is 11.9 Å². The molecule has 0 saturated carbocycles. The van der Waals surface area contributed by atoms with Crippen LogP contribution >= 0.6 is 23.2 Å². The molecule has 1 aromatic carbocycles. The van der Waals surface area contributed by atoms with Gasteiger partial charge in [-0.1, -0.05) is 49.4 Å². The van der Waals surface area contributed by atoms with Gasteiger partial charge in [-0.2, -0.15) is 5.48 Å². The summed E-state index contributed by atoms with van der Waals surface area (Å²) < 4.78 is 0. The van der Waals surface area contributed by atoms with Gasteiger partial charge in [0.2, 0.25) is 5.91 Å². The van der Waals surface area contributed by atoms with Crippen molar-refractivity contribution in [1.29, 1.82) is 0 Å². The Kier molecular flexibility index (Phi) is 10.5. The molecular formula is C16H22Cl2N4O4. The standard InChI is InChI=1S/C16H22Cl2N4O4/c1-2-3-4-5-11(9-19-26-10-23)15(24)21-22-16(25)20-12-6-7-13(17)14(18)8-12/h6-8,10-11,19H,2-5,9H2,1H3,(H,21,24)(H2,20,22,25). The molecule has 0 aromatic heterocycles. The number of carbonyl (C=O) groups is 3. The van der Waals surface area contributed by atoms with E-state index in [0.29, 0.717) is 22.2 Å². The number of benzene rings is 1. The van der Waals surface area contributed by atoms with Gasteiger partial charge >= 0.3 is 12.5 Å². The van der Waals surface area contributed by atoms with Gasteiger partial charge in [-0.15, -0.1) is 0 Å². The minimum atomic E-state index is -0.638. The van der Waals surface area contributed by atoms with E-state index in [1.807, 2.05) is 0 Å². The van der Waals surface area contributed by atoms with Gasteiger partial charge in [-0.25, -0.2) is 10.2 Å². The summed E-state index contributed by atoms with van der Waals surface area (Å²) in [4.78, 5) is 38.7. The summed E-state index contributed by atoms with van der Waals surface area (Å²) >= 11 is 11.7. The third-order valence-electron chi connectivity index (χ3n) is 3.46. The van der Waals surface area contributed by atoms with Crippen LogP contribution in [0, 0.1) is 5.92 Å². The Labute approximate surface area is 161 Å². The van der Waals surface area contributed by atoms with Crippen LogP contribution in [0.4, 0.5) is 10.5 Å². The lowest BCUT2D eigenvalue weighted by Crippen LogP contribution is -2.48. The third-order valence-corrected chi connectivity index (χ3v) is 4.20. The highest BCUT2D eigenvalue weighted by Gasteiger charge is 2.19. The van der Waals surface area contributed by atoms with Crippen LogP contribution in [0.3, 0.4) is 0 Å². The smallest absolute Gasteiger partial charge is 0.337 e. The number of rotatable bonds is 10. The molecule has 1 unspecified atom stereocenters. The van der Waals surface area contributed by atoms with E-state index < -0.39 is 17.9 Å². The molecule has 0 radical (unpaired) electrons. The van der Waals surface area contributed by atoms with Crippen molar-refractivity contribution in [2.24, 2.45) is 5.92 Å². The maximum absolute atomic E-state index is 12.2. The second-order valence-corrected chi connectivity index (χ2v) is 6.27. The average molecular weight is 405 g/mol. The van der Waals surface area contributed by atoms with Crippen molar-refractivity contribution < 1.29 is 19.2 Å². The summed E-state index contributed by atoms with van der Waals surface area (Å²) in [6.07, 6.45) is 3.41. The van der Waals surface area contributed by atoms with Gasteiger partial charge in [0, 0.05) is 12.2 Å². The maximum atomic E-state index is 12.2. The number of unbranched alkanes of at least 4 members (excludes halogenated alkanes) is 2. The number of halogens is 2. The molecule has 10 heteroatoms. The average Bonchev–Trinajstić information content (AvgIpc) is 2.62. The Hall–Kier alpha value is -2.03. The van der Waals surface area contributed by atoms with E-state index in [2.05, 4.69) is 33.4 Å². The zero-order valence-electron chi connectivity index (χ0n) is 14.3. The molecule has 0 spiro atoms. The lowest BCUT2D eigenvalue weighted by atomic mass is 10.0. The molecule has 1 atom stereocenters. The third kappa shape index (κ3) is 8.37. The number of amides is 3. The van der Waals surface area contributed by atoms with Crippen LogP contribution in [0.1, 0.15) is 32.6 Å². The van der Waals surface area contributed by atoms with Crippen LogP contribution in [-0.4, -0.2) is 25.0 Å². The lowest BCUT2D eigenvalue weighted by Gasteiger charge is -2.17. The lowest BCUT2D eigenvalue weighted by molar-refractivity contribution is -0.137. The van der Waals surface area contributed by atoms with Crippen molar-refractivity contribution >= 4 is 47.3 Å². The molecule has 3 amide bonds. The molecule has 0 aliphatic heterocycles. The fourth-order valence-corrected chi connectivity index (χ4v) is 2.40. The predicted molar refractivity (Wildman–Crippen MR) is 99.5 cm³/mol. The molecule has 0 saturated heterocycles. The van der Waals surface area contributed by atoms with Crippen molar-refractivity contribution in [3.63, 3.8) is 0 Å². The molecule has 0 aliphatic rings. The number of nitrogens with one attached hydrogen (secondary N) is 4. The van der Waals surface area contributed by atoms with Crippen LogP contribution < -0.4 is 21.6 Å². The topological polar surface area (TPSA) is 109 Å². The molecule has 144 valence electrons. The molecule has 0 fully saturated rings. The number of hydrazine groups is 1. The van der Waals surface area contributed by atoms with Gasteiger partial charge in [0.25, 0.3) is 0 Å². The normalized spacial score (nSPS) is 11.3. The Bertz CT molecular complexity index is 616. The first kappa shape index (κ1) is 22.0. The monoisotopic (exact) mass is 404 g/mol. The Morgan fingerprint density at radius 1 is 1.19 bits per heavy atom. The molecule has 1 aromatic rings. The number of anilines is 1. The second kappa shape index (κ2) is 12.3. The Morgan fingerprint density at radius 3 is 2.62 bits per heavy atom. The molecule has 8 nitrogen and oxygen atoms in total. The first-order valence-corrected chi connectivity index (χ1v) is 8.87. The first-order valence-electron chi connectivity index (χ1n) is 8.12. The van der Waals surface area contributed by atoms with Gasteiger partial charge < -0.3 is 10.2 Å². The van der Waals surface area contributed by atoms with Gasteiger partial charge in [0.15, 0.2) is 0 Å². The van der Waals surface area contributed by atoms with E-state index in [1.54, 1.807) is 12.1 Å². The van der Waals surface area contributed by atoms with Crippen molar-refractivity contribution in [3.8, 4) is 0 Å². The van der Waals surface area contributed by atoms with Crippen LogP contribution in [0.5, 0.6) is 0 Å². The van der Waals surface area contributed by atoms with E-state index >= 15 is 0 Å². The molecule has 1 rings (SSSR count). The summed E-state index contributed by atoms with van der Waals surface area (Å²) in [7, 11) is 0. The zero-order valence-corrected chi connectivity index (χ0v) is 15.8. The predicted octanol–water partition coefficient (Wildman–Crippen LogP) is 3.02. The minimum absolute atomic E-state index is 0.143. The highest BCUT2D eigenvalue weighted by molar-refractivity contribution is 6.42. The number of carbonyl (C=O) groups excluding carboxylic acids is 3. The van der Waals surface area contributed by atoms with Crippen LogP contribution in [0.15, 0.2) is 18.2 Å². The van der Waals surface area contributed by atoms with Gasteiger partial charge in [-0.3, -0.25) is 15.0 Å². The minimum Gasteiger partial charge on any atom is -0.374 e. The number of hydroxylamine groups is 1. The van der Waals surface area contributed by atoms with Crippen molar-refractivity contribution in [3.05, 3.63) is 28.2 Å². The van der Waals surface area contributed by atoms with Gasteiger partial charge in [0.1, 0.15) is 0 Å². The summed E-state index contributed by atoms with van der Waals surface area (Å²) in [5, 5.41) is 3.18. The fraction of sp³-hybridized carbons (Fsp3) is 0.438. The van der Waals surface area contributed by atoms with Crippen LogP contribution in [0.25, 0.3) is 0 Å². The van der Waals surface area contributed by atoms with E-state index in [9.17, 15) is 14.4 Å². The Morgan fingerprint density at radius 2 is 1.96 bits per heavy atom. The highest BCUT2D eigenvalue weighted by atomic mass is 35.5. The molecular weight excluding hydrogens is 383 g/mol. The fourth-order valence-electron chi connectivity index (χ4n) is 2.11. The number of urea groups is 1. The SMILES string of the molecule is CCCCCC(CNOC=O)C(=O)NNC(=O)Nc1ccc(Cl)c(Cl)c1. The van der Waals surface area contributed by atoms with Crippen LogP contribution in [-0.2, 0) is 14.4 Å². The maximum Gasteiger partial charge on any atom is 0.337 e. The van der Waals surface area contributed by atoms with Gasteiger partial charge in [0.05, 0.1) is 16.0 Å². The van der Waals surface area contributed by atoms with Crippen molar-refractivity contribution in [1.82, 2.24) is 16.3 Å². The molecule has 0 aliphatic carbocycles. The summed E-state index contributed by atoms with van der Waals surface area (Å²) in [5.74, 6) is -0.862. The van der Waals surface area contributed by atoms with E-state index in [4.69, 9.17) is 23.2 Å². The first-order chi connectivity index (χ1) is 12.5. The molecule has 26 heavy (non-hydrogen) atoms. The van der Waals surface area contributed by atoms with Crippen LogP contribution in [0.2, 0.25) is 10.0 Å². The zero-order chi connectivity index (χ0) is 19.4. The number of hydrogen-bond acceptors (Lipinski definition) is 5. The summed E-state index contributed by atoms with van der Waals surface area (Å²) in [5.41, 5.74) is 7.42. The molecule has 0 heterocycles. The second-order valence-electron chi connectivity index (χ2n) is 5.45. The van der Waals surface area contributed by atoms with Gasteiger partial charge in [-0.05, 0) is 24.6 Å². The summed E-state index contributed by atoms with van der Waals surface area (Å²) in [6, 6.07) is 3.96. The quantitative estimate of drug-likeness (QED) is 0.272. The highest BCUT2D eigenvalue weighted by Crippen LogP contribution is 2.24. The number of hydrogen-bond donors (Lipinski definition) is 4. The molecule has 0 bridgehead atoms. The van der Waals surface area contributed by atoms with E-state index in [-0.39, 0.29) is 13.0 Å². The molecule has 4 N–H and O–H groups in total. The van der Waals surface area contributed by atoms with E-state index in [1.165, 1.54) is 6.07 Å². The Balaban J connectivity index is 2.48. The summed E-state index contributed by atoms with van der Waals surface area (Å²) in [6.45, 7) is 2.44. The largest absolute Gasteiger partial charge is 0.374 e.